The largest absolute Gasteiger partial charge is 0.306 e. The fourth-order valence-electron chi connectivity index (χ4n) is 0.867. The molecule has 0 atom stereocenters. The first-order chi connectivity index (χ1) is 5.52. The SMILES string of the molecule is Cc1cc(Cl)c([N+](=O)[O-])c(Cl)c1. The van der Waals surface area contributed by atoms with Crippen LogP contribution in [0.5, 0.6) is 0 Å². The molecule has 12 heavy (non-hydrogen) atoms. The van der Waals surface area contributed by atoms with Crippen molar-refractivity contribution >= 4 is 28.9 Å². The van der Waals surface area contributed by atoms with Crippen molar-refractivity contribution in [2.75, 3.05) is 0 Å². The number of nitrogens with zero attached hydrogens (tertiary/aromatic N) is 1. The number of rotatable bonds is 1. The fourth-order valence-corrected chi connectivity index (χ4v) is 1.60. The average Bonchev–Trinajstić information content (AvgIpc) is 1.82. The van der Waals surface area contributed by atoms with Gasteiger partial charge in [0, 0.05) is 0 Å². The Morgan fingerprint density at radius 3 is 2.08 bits per heavy atom. The summed E-state index contributed by atoms with van der Waals surface area (Å²) < 4.78 is 0. The van der Waals surface area contributed by atoms with Crippen molar-refractivity contribution in [2.24, 2.45) is 0 Å². The van der Waals surface area contributed by atoms with E-state index in [0.29, 0.717) is 0 Å². The summed E-state index contributed by atoms with van der Waals surface area (Å²) in [5.74, 6) is 0. The van der Waals surface area contributed by atoms with Crippen molar-refractivity contribution in [3.05, 3.63) is 37.9 Å². The first-order valence-corrected chi connectivity index (χ1v) is 3.88. The Bertz CT molecular complexity index is 315. The zero-order valence-corrected chi connectivity index (χ0v) is 7.69. The van der Waals surface area contributed by atoms with E-state index >= 15 is 0 Å². The fraction of sp³-hybridized carbons (Fsp3) is 0.143. The molecule has 0 saturated carbocycles. The molecule has 0 spiro atoms. The van der Waals surface area contributed by atoms with E-state index in [2.05, 4.69) is 0 Å². The van der Waals surface area contributed by atoms with Gasteiger partial charge in [-0.3, -0.25) is 10.1 Å². The second-order valence-electron chi connectivity index (χ2n) is 2.33. The first-order valence-electron chi connectivity index (χ1n) is 3.12. The van der Waals surface area contributed by atoms with Crippen LogP contribution in [0.2, 0.25) is 10.0 Å². The standard InChI is InChI=1S/C7H5Cl2NO2/c1-4-2-5(8)7(10(11)12)6(9)3-4/h2-3H,1H3. The molecule has 3 nitrogen and oxygen atoms in total. The molecule has 0 N–H and O–H groups in total. The van der Waals surface area contributed by atoms with Crippen LogP contribution in [0.1, 0.15) is 5.56 Å². The van der Waals surface area contributed by atoms with E-state index in [1.54, 1.807) is 6.92 Å². The smallest absolute Gasteiger partial charge is 0.258 e. The molecule has 0 aliphatic rings. The minimum atomic E-state index is -0.593. The van der Waals surface area contributed by atoms with Crippen LogP contribution in [-0.2, 0) is 0 Å². The van der Waals surface area contributed by atoms with Crippen LogP contribution in [0.4, 0.5) is 5.69 Å². The number of halogens is 2. The van der Waals surface area contributed by atoms with E-state index in [4.69, 9.17) is 23.2 Å². The highest BCUT2D eigenvalue weighted by molar-refractivity contribution is 6.38. The summed E-state index contributed by atoms with van der Waals surface area (Å²) in [7, 11) is 0. The number of hydrogen-bond donors (Lipinski definition) is 0. The van der Waals surface area contributed by atoms with Crippen LogP contribution in [0.25, 0.3) is 0 Å². The summed E-state index contributed by atoms with van der Waals surface area (Å²) >= 11 is 11.2. The van der Waals surface area contributed by atoms with Crippen LogP contribution in [0, 0.1) is 17.0 Å². The van der Waals surface area contributed by atoms with Crippen LogP contribution >= 0.6 is 23.2 Å². The number of hydrogen-bond acceptors (Lipinski definition) is 2. The maximum absolute atomic E-state index is 10.4. The quantitative estimate of drug-likeness (QED) is 0.522. The molecule has 5 heteroatoms. The topological polar surface area (TPSA) is 43.1 Å². The second kappa shape index (κ2) is 3.29. The van der Waals surface area contributed by atoms with Crippen molar-refractivity contribution in [3.8, 4) is 0 Å². The van der Waals surface area contributed by atoms with Gasteiger partial charge in [0.25, 0.3) is 0 Å². The van der Waals surface area contributed by atoms with E-state index in [1.807, 2.05) is 0 Å². The molecular formula is C7H5Cl2NO2. The maximum Gasteiger partial charge on any atom is 0.306 e. The highest BCUT2D eigenvalue weighted by atomic mass is 35.5. The van der Waals surface area contributed by atoms with E-state index in [-0.39, 0.29) is 15.7 Å². The maximum atomic E-state index is 10.4. The molecule has 1 aromatic rings. The van der Waals surface area contributed by atoms with Gasteiger partial charge in [-0.05, 0) is 24.6 Å². The van der Waals surface area contributed by atoms with E-state index in [9.17, 15) is 10.1 Å². The van der Waals surface area contributed by atoms with Crippen molar-refractivity contribution in [1.82, 2.24) is 0 Å². The van der Waals surface area contributed by atoms with Crippen LogP contribution in [0.3, 0.4) is 0 Å². The van der Waals surface area contributed by atoms with Crippen LogP contribution < -0.4 is 0 Å². The highest BCUT2D eigenvalue weighted by Gasteiger charge is 2.17. The molecule has 0 amide bonds. The lowest BCUT2D eigenvalue weighted by Crippen LogP contribution is -1.90. The molecule has 1 aromatic carbocycles. The minimum Gasteiger partial charge on any atom is -0.258 e. The molecule has 0 aliphatic heterocycles. The molecule has 0 radical (unpaired) electrons. The summed E-state index contributed by atoms with van der Waals surface area (Å²) in [6.07, 6.45) is 0. The van der Waals surface area contributed by atoms with E-state index in [0.717, 1.165) is 5.56 Å². The van der Waals surface area contributed by atoms with Gasteiger partial charge in [-0.1, -0.05) is 23.2 Å². The molecule has 1 rings (SSSR count). The van der Waals surface area contributed by atoms with Crippen LogP contribution in [0.15, 0.2) is 12.1 Å². The summed E-state index contributed by atoms with van der Waals surface area (Å²) in [5, 5.41) is 10.5. The summed E-state index contributed by atoms with van der Waals surface area (Å²) in [6, 6.07) is 3.01. The monoisotopic (exact) mass is 205 g/mol. The number of nitro benzene ring substituents is 1. The Balaban J connectivity index is 3.38. The van der Waals surface area contributed by atoms with E-state index < -0.39 is 4.92 Å². The molecule has 0 unspecified atom stereocenters. The molecule has 0 saturated heterocycles. The van der Waals surface area contributed by atoms with Gasteiger partial charge in [-0.15, -0.1) is 0 Å². The first kappa shape index (κ1) is 9.29. The average molecular weight is 206 g/mol. The van der Waals surface area contributed by atoms with Gasteiger partial charge in [0.15, 0.2) is 0 Å². The molecule has 0 bridgehead atoms. The summed E-state index contributed by atoms with van der Waals surface area (Å²) in [4.78, 5) is 9.80. The second-order valence-corrected chi connectivity index (χ2v) is 3.15. The zero-order chi connectivity index (χ0) is 9.30. The number of aryl methyl sites for hydroxylation is 1. The normalized spacial score (nSPS) is 9.92. The van der Waals surface area contributed by atoms with Crippen molar-refractivity contribution in [2.45, 2.75) is 6.92 Å². The summed E-state index contributed by atoms with van der Waals surface area (Å²) in [5.41, 5.74) is 0.569. The number of benzene rings is 1. The molecule has 64 valence electrons. The van der Waals surface area contributed by atoms with Gasteiger partial charge < -0.3 is 0 Å². The Hall–Kier alpha value is -0.800. The Morgan fingerprint density at radius 1 is 1.33 bits per heavy atom. The highest BCUT2D eigenvalue weighted by Crippen LogP contribution is 2.33. The lowest BCUT2D eigenvalue weighted by Gasteiger charge is -1.98. The lowest BCUT2D eigenvalue weighted by molar-refractivity contribution is -0.384. The molecule has 0 fully saturated rings. The van der Waals surface area contributed by atoms with Gasteiger partial charge in [0.2, 0.25) is 0 Å². The van der Waals surface area contributed by atoms with Crippen molar-refractivity contribution in [1.29, 1.82) is 0 Å². The van der Waals surface area contributed by atoms with Gasteiger partial charge >= 0.3 is 5.69 Å². The van der Waals surface area contributed by atoms with Crippen LogP contribution in [-0.4, -0.2) is 4.92 Å². The Labute approximate surface area is 79.1 Å². The molecule has 0 heterocycles. The van der Waals surface area contributed by atoms with Gasteiger partial charge in [-0.2, -0.15) is 0 Å². The number of nitro groups is 1. The van der Waals surface area contributed by atoms with Crippen molar-refractivity contribution in [3.63, 3.8) is 0 Å². The Morgan fingerprint density at radius 2 is 1.75 bits per heavy atom. The van der Waals surface area contributed by atoms with E-state index in [1.165, 1.54) is 12.1 Å². The zero-order valence-electron chi connectivity index (χ0n) is 6.17. The Kier molecular flexibility index (Phi) is 2.55. The predicted octanol–water partition coefficient (Wildman–Crippen LogP) is 3.21. The van der Waals surface area contributed by atoms with Gasteiger partial charge in [-0.25, -0.2) is 0 Å². The third-order valence-electron chi connectivity index (χ3n) is 1.34. The minimum absolute atomic E-state index is 0.0741. The molecule has 0 aromatic heterocycles. The lowest BCUT2D eigenvalue weighted by atomic mass is 10.2. The third kappa shape index (κ3) is 1.68. The van der Waals surface area contributed by atoms with Gasteiger partial charge in [0.05, 0.1) is 4.92 Å². The third-order valence-corrected chi connectivity index (χ3v) is 1.92. The summed E-state index contributed by atoms with van der Waals surface area (Å²) in [6.45, 7) is 1.77. The molecule has 0 aliphatic carbocycles. The van der Waals surface area contributed by atoms with Crippen molar-refractivity contribution < 1.29 is 4.92 Å². The molecular weight excluding hydrogens is 201 g/mol. The van der Waals surface area contributed by atoms with Gasteiger partial charge in [0.1, 0.15) is 10.0 Å². The predicted molar refractivity (Wildman–Crippen MR) is 47.9 cm³/mol.